The van der Waals surface area contributed by atoms with Gasteiger partial charge in [-0.3, -0.25) is 0 Å². The van der Waals surface area contributed by atoms with Gasteiger partial charge in [-0.1, -0.05) is 19.9 Å². The molecule has 0 aliphatic heterocycles. The first-order chi connectivity index (χ1) is 9.55. The summed E-state index contributed by atoms with van der Waals surface area (Å²) in [5.74, 6) is 2.07. The summed E-state index contributed by atoms with van der Waals surface area (Å²) in [6.07, 6.45) is 1.54. The lowest BCUT2D eigenvalue weighted by atomic mass is 9.70. The first kappa shape index (κ1) is 16.7. The zero-order chi connectivity index (χ0) is 15.2. The fourth-order valence-corrected chi connectivity index (χ4v) is 2.61. The topological polar surface area (TPSA) is 42.2 Å². The van der Waals surface area contributed by atoms with Gasteiger partial charge in [0.05, 0.1) is 25.7 Å². The molecule has 1 rings (SSSR count). The van der Waals surface area contributed by atoms with Crippen molar-refractivity contribution in [3.8, 4) is 17.6 Å². The second-order valence-electron chi connectivity index (χ2n) is 5.10. The third kappa shape index (κ3) is 3.19. The zero-order valence-electron chi connectivity index (χ0n) is 12.6. The highest BCUT2D eigenvalue weighted by Gasteiger charge is 2.36. The fourth-order valence-electron chi connectivity index (χ4n) is 2.48. The van der Waals surface area contributed by atoms with E-state index < -0.39 is 5.41 Å². The molecule has 0 saturated heterocycles. The van der Waals surface area contributed by atoms with E-state index in [9.17, 15) is 5.26 Å². The predicted molar refractivity (Wildman–Crippen MR) is 81.6 cm³/mol. The van der Waals surface area contributed by atoms with Gasteiger partial charge in [0.1, 0.15) is 0 Å². The van der Waals surface area contributed by atoms with Crippen LogP contribution in [0.25, 0.3) is 0 Å². The number of hydrogen-bond acceptors (Lipinski definition) is 3. The molecule has 3 nitrogen and oxygen atoms in total. The zero-order valence-corrected chi connectivity index (χ0v) is 13.3. The van der Waals surface area contributed by atoms with E-state index in [1.807, 2.05) is 18.2 Å². The van der Waals surface area contributed by atoms with Crippen LogP contribution in [-0.2, 0) is 5.41 Å². The van der Waals surface area contributed by atoms with E-state index >= 15 is 0 Å². The molecule has 0 spiro atoms. The Morgan fingerprint density at radius 3 is 2.35 bits per heavy atom. The Kier molecular flexibility index (Phi) is 6.16. The van der Waals surface area contributed by atoms with Gasteiger partial charge in [-0.05, 0) is 36.5 Å². The summed E-state index contributed by atoms with van der Waals surface area (Å²) >= 11 is 5.81. The molecule has 1 aromatic rings. The highest BCUT2D eigenvalue weighted by Crippen LogP contribution is 2.40. The first-order valence-corrected chi connectivity index (χ1v) is 7.29. The minimum atomic E-state index is -0.547. The predicted octanol–water partition coefficient (Wildman–Crippen LogP) is 4.14. The van der Waals surface area contributed by atoms with Crippen molar-refractivity contribution in [2.45, 2.75) is 32.1 Å². The second-order valence-corrected chi connectivity index (χ2v) is 5.48. The van der Waals surface area contributed by atoms with E-state index in [0.29, 0.717) is 17.4 Å². The number of methoxy groups -OCH3 is 2. The van der Waals surface area contributed by atoms with Crippen LogP contribution in [0.3, 0.4) is 0 Å². The maximum Gasteiger partial charge on any atom is 0.161 e. The number of hydrogen-bond donors (Lipinski definition) is 0. The Hall–Kier alpha value is -1.40. The molecule has 0 fully saturated rings. The molecule has 1 aromatic carbocycles. The third-order valence-corrected chi connectivity index (χ3v) is 4.06. The molecule has 110 valence electrons. The minimum Gasteiger partial charge on any atom is -0.493 e. The van der Waals surface area contributed by atoms with Crippen LogP contribution >= 0.6 is 11.6 Å². The van der Waals surface area contributed by atoms with Crippen molar-refractivity contribution in [2.75, 3.05) is 20.1 Å². The van der Waals surface area contributed by atoms with Gasteiger partial charge in [0.2, 0.25) is 0 Å². The average Bonchev–Trinajstić information content (AvgIpc) is 2.47. The van der Waals surface area contributed by atoms with E-state index in [1.54, 1.807) is 14.2 Å². The lowest BCUT2D eigenvalue weighted by Crippen LogP contribution is -2.31. The smallest absolute Gasteiger partial charge is 0.161 e. The maximum atomic E-state index is 9.75. The van der Waals surface area contributed by atoms with Gasteiger partial charge >= 0.3 is 0 Å². The van der Waals surface area contributed by atoms with Crippen molar-refractivity contribution in [2.24, 2.45) is 5.92 Å². The van der Waals surface area contributed by atoms with E-state index in [2.05, 4.69) is 19.9 Å². The molecular formula is C16H22ClNO2. The van der Waals surface area contributed by atoms with Crippen LogP contribution in [0.2, 0.25) is 0 Å². The monoisotopic (exact) mass is 295 g/mol. The molecule has 1 atom stereocenters. The van der Waals surface area contributed by atoms with Crippen LogP contribution in [0.15, 0.2) is 18.2 Å². The Labute approximate surface area is 126 Å². The summed E-state index contributed by atoms with van der Waals surface area (Å²) < 4.78 is 10.6. The number of nitrogens with zero attached hydrogens (tertiary/aromatic N) is 1. The number of rotatable bonds is 7. The van der Waals surface area contributed by atoms with Crippen molar-refractivity contribution >= 4 is 11.6 Å². The SMILES string of the molecule is COc1ccc([C@](C#N)(CCCCl)C(C)C)cc1OC. The highest BCUT2D eigenvalue weighted by molar-refractivity contribution is 6.17. The Balaban J connectivity index is 3.31. The van der Waals surface area contributed by atoms with Crippen LogP contribution in [-0.4, -0.2) is 20.1 Å². The van der Waals surface area contributed by atoms with Crippen LogP contribution in [0, 0.1) is 17.2 Å². The summed E-state index contributed by atoms with van der Waals surface area (Å²) in [7, 11) is 3.20. The van der Waals surface area contributed by atoms with Crippen molar-refractivity contribution in [3.05, 3.63) is 23.8 Å². The first-order valence-electron chi connectivity index (χ1n) is 6.75. The molecule has 0 aliphatic carbocycles. The molecule has 0 amide bonds. The van der Waals surface area contributed by atoms with Crippen LogP contribution < -0.4 is 9.47 Å². The summed E-state index contributed by atoms with van der Waals surface area (Å²) in [5.41, 5.74) is 0.409. The van der Waals surface area contributed by atoms with Crippen molar-refractivity contribution in [1.29, 1.82) is 5.26 Å². The quantitative estimate of drug-likeness (QED) is 0.710. The molecule has 4 heteroatoms. The summed E-state index contributed by atoms with van der Waals surface area (Å²) in [6.45, 7) is 4.13. The largest absolute Gasteiger partial charge is 0.493 e. The van der Waals surface area contributed by atoms with Crippen molar-refractivity contribution < 1.29 is 9.47 Å². The van der Waals surface area contributed by atoms with Crippen molar-refractivity contribution in [1.82, 2.24) is 0 Å². The van der Waals surface area contributed by atoms with Crippen LogP contribution in [0.4, 0.5) is 0 Å². The van der Waals surface area contributed by atoms with Gasteiger partial charge in [0.15, 0.2) is 11.5 Å². The number of halogens is 1. The normalized spacial score (nSPS) is 13.7. The van der Waals surface area contributed by atoms with Gasteiger partial charge in [0.25, 0.3) is 0 Å². The summed E-state index contributed by atoms with van der Waals surface area (Å²) in [4.78, 5) is 0. The lowest BCUT2D eigenvalue weighted by molar-refractivity contribution is 0.344. The number of alkyl halides is 1. The van der Waals surface area contributed by atoms with Crippen molar-refractivity contribution in [3.63, 3.8) is 0 Å². The number of ether oxygens (including phenoxy) is 2. The Morgan fingerprint density at radius 2 is 1.90 bits per heavy atom. The number of nitriles is 1. The van der Waals surface area contributed by atoms with Gasteiger partial charge in [-0.25, -0.2) is 0 Å². The van der Waals surface area contributed by atoms with Gasteiger partial charge in [0, 0.05) is 5.88 Å². The standard InChI is InChI=1S/C16H22ClNO2/c1-12(2)16(11-18,8-5-9-17)13-6-7-14(19-3)15(10-13)20-4/h6-7,10,12H,5,8-9H2,1-4H3/t16-/m0/s1. The molecule has 0 aliphatic rings. The van der Waals surface area contributed by atoms with Crippen LogP contribution in [0.1, 0.15) is 32.3 Å². The third-order valence-electron chi connectivity index (χ3n) is 3.79. The van der Waals surface area contributed by atoms with E-state index in [4.69, 9.17) is 21.1 Å². The Morgan fingerprint density at radius 1 is 1.25 bits per heavy atom. The highest BCUT2D eigenvalue weighted by atomic mass is 35.5. The molecule has 0 saturated carbocycles. The Bertz CT molecular complexity index is 482. The second kappa shape index (κ2) is 7.40. The number of benzene rings is 1. The van der Waals surface area contributed by atoms with Crippen LogP contribution in [0.5, 0.6) is 11.5 Å². The minimum absolute atomic E-state index is 0.189. The maximum absolute atomic E-state index is 9.75. The molecule has 0 heterocycles. The van der Waals surface area contributed by atoms with E-state index in [-0.39, 0.29) is 5.92 Å². The van der Waals surface area contributed by atoms with Gasteiger partial charge in [-0.15, -0.1) is 11.6 Å². The van der Waals surface area contributed by atoms with Gasteiger partial charge < -0.3 is 9.47 Å². The summed E-state index contributed by atoms with van der Waals surface area (Å²) in [6, 6.07) is 8.19. The molecule has 0 radical (unpaired) electrons. The average molecular weight is 296 g/mol. The molecule has 0 unspecified atom stereocenters. The molecule has 0 bridgehead atoms. The molecule has 20 heavy (non-hydrogen) atoms. The van der Waals surface area contributed by atoms with Gasteiger partial charge in [-0.2, -0.15) is 5.26 Å². The molecule has 0 aromatic heterocycles. The van der Waals surface area contributed by atoms with E-state index in [1.165, 1.54) is 0 Å². The molecule has 0 N–H and O–H groups in total. The molecular weight excluding hydrogens is 274 g/mol. The van der Waals surface area contributed by atoms with E-state index in [0.717, 1.165) is 18.4 Å². The summed E-state index contributed by atoms with van der Waals surface area (Å²) in [5, 5.41) is 9.75. The fraction of sp³-hybridized carbons (Fsp3) is 0.562. The lowest BCUT2D eigenvalue weighted by Gasteiger charge is -2.31.